The van der Waals surface area contributed by atoms with Gasteiger partial charge in [0.05, 0.1) is 19.5 Å². The standard InChI is InChI=1S/C19H19ClN4O5S3/c1-2-23-14-4-3-13(24(26)27)11-15(14)30-19(23)21-18(25)12-7-9-22(10-8-12)32(28,29)17-6-5-16(20)31-17/h3-6,11-12H,2,7-10H2,1H3. The molecule has 0 saturated carbocycles. The van der Waals surface area contributed by atoms with Gasteiger partial charge in [0.15, 0.2) is 4.80 Å². The summed E-state index contributed by atoms with van der Waals surface area (Å²) in [4.78, 5) is 28.2. The van der Waals surface area contributed by atoms with E-state index in [-0.39, 0.29) is 34.8 Å². The van der Waals surface area contributed by atoms with E-state index in [0.29, 0.717) is 33.2 Å². The minimum absolute atomic E-state index is 0.0134. The summed E-state index contributed by atoms with van der Waals surface area (Å²) >= 11 is 8.11. The molecule has 2 aromatic heterocycles. The van der Waals surface area contributed by atoms with Crippen LogP contribution in [0.15, 0.2) is 39.5 Å². The van der Waals surface area contributed by atoms with E-state index in [1.54, 1.807) is 12.1 Å². The average molecular weight is 515 g/mol. The number of nitro benzene ring substituents is 1. The number of non-ortho nitro benzene ring substituents is 1. The lowest BCUT2D eigenvalue weighted by Gasteiger charge is -2.29. The van der Waals surface area contributed by atoms with Crippen LogP contribution in [0.3, 0.4) is 0 Å². The predicted molar refractivity (Wildman–Crippen MR) is 124 cm³/mol. The highest BCUT2D eigenvalue weighted by molar-refractivity contribution is 7.91. The summed E-state index contributed by atoms with van der Waals surface area (Å²) < 4.78 is 30.0. The number of amides is 1. The number of aryl methyl sites for hydroxylation is 1. The molecule has 0 N–H and O–H groups in total. The van der Waals surface area contributed by atoms with E-state index in [2.05, 4.69) is 4.99 Å². The van der Waals surface area contributed by atoms with E-state index in [1.165, 1.54) is 33.8 Å². The number of halogens is 1. The molecule has 0 unspecified atom stereocenters. The molecule has 1 aliphatic heterocycles. The Balaban J connectivity index is 1.53. The van der Waals surface area contributed by atoms with Crippen LogP contribution >= 0.6 is 34.3 Å². The fourth-order valence-electron chi connectivity index (χ4n) is 3.66. The first kappa shape index (κ1) is 23.1. The van der Waals surface area contributed by atoms with E-state index in [0.717, 1.165) is 16.9 Å². The lowest BCUT2D eigenvalue weighted by atomic mass is 9.98. The number of thiazole rings is 1. The van der Waals surface area contributed by atoms with Crippen molar-refractivity contribution in [3.05, 3.63) is 49.6 Å². The molecule has 1 saturated heterocycles. The monoisotopic (exact) mass is 514 g/mol. The molecule has 1 fully saturated rings. The van der Waals surface area contributed by atoms with Gasteiger partial charge in [-0.3, -0.25) is 14.9 Å². The van der Waals surface area contributed by atoms with Crippen LogP contribution in [0.5, 0.6) is 0 Å². The number of fused-ring (bicyclic) bond motifs is 1. The minimum atomic E-state index is -3.62. The van der Waals surface area contributed by atoms with Gasteiger partial charge >= 0.3 is 0 Å². The minimum Gasteiger partial charge on any atom is -0.317 e. The van der Waals surface area contributed by atoms with Gasteiger partial charge in [-0.05, 0) is 38.0 Å². The van der Waals surface area contributed by atoms with Gasteiger partial charge in [0.2, 0.25) is 0 Å². The molecule has 32 heavy (non-hydrogen) atoms. The molecule has 3 heterocycles. The second-order valence-electron chi connectivity index (χ2n) is 7.22. The topological polar surface area (TPSA) is 115 Å². The number of hydrogen-bond acceptors (Lipinski definition) is 7. The van der Waals surface area contributed by atoms with Gasteiger partial charge in [-0.1, -0.05) is 22.9 Å². The molecule has 1 aliphatic rings. The molecule has 1 aromatic carbocycles. The predicted octanol–water partition coefficient (Wildman–Crippen LogP) is 3.87. The van der Waals surface area contributed by atoms with Crippen LogP contribution < -0.4 is 4.80 Å². The van der Waals surface area contributed by atoms with Crippen LogP contribution in [0.25, 0.3) is 10.2 Å². The fraction of sp³-hybridized carbons (Fsp3) is 0.368. The number of sulfonamides is 1. The van der Waals surface area contributed by atoms with E-state index in [4.69, 9.17) is 11.6 Å². The van der Waals surface area contributed by atoms with Gasteiger partial charge in [-0.15, -0.1) is 11.3 Å². The number of carbonyl (C=O) groups is 1. The van der Waals surface area contributed by atoms with Gasteiger partial charge in [-0.2, -0.15) is 9.30 Å². The molecule has 0 atom stereocenters. The number of nitro groups is 1. The van der Waals surface area contributed by atoms with Gasteiger partial charge in [0.1, 0.15) is 4.21 Å². The summed E-state index contributed by atoms with van der Waals surface area (Å²) in [7, 11) is -3.62. The smallest absolute Gasteiger partial charge is 0.270 e. The number of benzene rings is 1. The fourth-order valence-corrected chi connectivity index (χ4v) is 7.90. The van der Waals surface area contributed by atoms with Crippen molar-refractivity contribution in [2.75, 3.05) is 13.1 Å². The molecule has 9 nitrogen and oxygen atoms in total. The zero-order valence-corrected chi connectivity index (χ0v) is 20.1. The van der Waals surface area contributed by atoms with E-state index >= 15 is 0 Å². The number of piperidine rings is 1. The largest absolute Gasteiger partial charge is 0.317 e. The van der Waals surface area contributed by atoms with Crippen molar-refractivity contribution < 1.29 is 18.1 Å². The van der Waals surface area contributed by atoms with Gasteiger partial charge in [0, 0.05) is 37.7 Å². The molecule has 0 radical (unpaired) electrons. The normalized spacial score (nSPS) is 16.6. The quantitative estimate of drug-likeness (QED) is 0.378. The Kier molecular flexibility index (Phi) is 6.50. The lowest BCUT2D eigenvalue weighted by Crippen LogP contribution is -2.40. The molecular formula is C19H19ClN4O5S3. The summed E-state index contributed by atoms with van der Waals surface area (Å²) in [5, 5.41) is 11.1. The Hall–Kier alpha value is -2.12. The molecule has 1 amide bonds. The maximum Gasteiger partial charge on any atom is 0.270 e. The maximum atomic E-state index is 12.9. The first-order valence-electron chi connectivity index (χ1n) is 9.82. The number of rotatable bonds is 5. The van der Waals surface area contributed by atoms with Crippen LogP contribution in [0.2, 0.25) is 4.34 Å². The molecule has 170 valence electrons. The van der Waals surface area contributed by atoms with Crippen LogP contribution in [0.4, 0.5) is 5.69 Å². The van der Waals surface area contributed by atoms with Crippen LogP contribution in [0, 0.1) is 16.0 Å². The van der Waals surface area contributed by atoms with Gasteiger partial charge in [0.25, 0.3) is 21.6 Å². The molecule has 0 spiro atoms. The molecule has 4 rings (SSSR count). The summed E-state index contributed by atoms with van der Waals surface area (Å²) in [6.45, 7) is 2.94. The van der Waals surface area contributed by atoms with E-state index < -0.39 is 14.9 Å². The number of nitrogens with zero attached hydrogens (tertiary/aromatic N) is 4. The van der Waals surface area contributed by atoms with Crippen molar-refractivity contribution in [3.8, 4) is 0 Å². The molecule has 0 aliphatic carbocycles. The Morgan fingerprint density at radius 2 is 1.97 bits per heavy atom. The Morgan fingerprint density at radius 3 is 2.56 bits per heavy atom. The Morgan fingerprint density at radius 1 is 1.25 bits per heavy atom. The first-order valence-corrected chi connectivity index (χ1v) is 13.3. The van der Waals surface area contributed by atoms with Gasteiger partial charge in [-0.25, -0.2) is 8.42 Å². The summed E-state index contributed by atoms with van der Waals surface area (Å²) in [6, 6.07) is 7.62. The second kappa shape index (κ2) is 9.02. The highest BCUT2D eigenvalue weighted by atomic mass is 35.5. The summed E-state index contributed by atoms with van der Waals surface area (Å²) in [5.74, 6) is -0.678. The SMILES string of the molecule is CCn1c(=NC(=O)C2CCN(S(=O)(=O)c3ccc(Cl)s3)CC2)sc2cc([N+](=O)[O-])ccc21. The molecule has 0 bridgehead atoms. The zero-order valence-electron chi connectivity index (χ0n) is 16.9. The first-order chi connectivity index (χ1) is 15.2. The zero-order chi connectivity index (χ0) is 23.0. The van der Waals surface area contributed by atoms with Crippen LogP contribution in [-0.4, -0.2) is 41.2 Å². The molecule has 13 heteroatoms. The molecular weight excluding hydrogens is 496 g/mol. The van der Waals surface area contributed by atoms with Crippen molar-refractivity contribution in [2.45, 2.75) is 30.5 Å². The third-order valence-electron chi connectivity index (χ3n) is 5.35. The number of aromatic nitrogens is 1. The lowest BCUT2D eigenvalue weighted by molar-refractivity contribution is -0.384. The van der Waals surface area contributed by atoms with Crippen molar-refractivity contribution in [3.63, 3.8) is 0 Å². The van der Waals surface area contributed by atoms with Crippen molar-refractivity contribution in [1.82, 2.24) is 8.87 Å². The summed E-state index contributed by atoms with van der Waals surface area (Å²) in [5.41, 5.74) is 0.769. The third kappa shape index (κ3) is 4.37. The average Bonchev–Trinajstić information content (AvgIpc) is 3.36. The highest BCUT2D eigenvalue weighted by Crippen LogP contribution is 2.31. The Bertz CT molecular complexity index is 1370. The van der Waals surface area contributed by atoms with Crippen LogP contribution in [0.1, 0.15) is 19.8 Å². The number of hydrogen-bond donors (Lipinski definition) is 0. The number of carbonyl (C=O) groups excluding carboxylic acids is 1. The van der Waals surface area contributed by atoms with Crippen LogP contribution in [-0.2, 0) is 21.4 Å². The Labute approximate surface area is 196 Å². The third-order valence-corrected chi connectivity index (χ3v) is 9.98. The van der Waals surface area contributed by atoms with Gasteiger partial charge < -0.3 is 4.57 Å². The van der Waals surface area contributed by atoms with E-state index in [9.17, 15) is 23.3 Å². The number of thiophene rings is 1. The van der Waals surface area contributed by atoms with Crippen molar-refractivity contribution in [2.24, 2.45) is 10.9 Å². The second-order valence-corrected chi connectivity index (χ2v) is 12.1. The highest BCUT2D eigenvalue weighted by Gasteiger charge is 2.33. The maximum absolute atomic E-state index is 12.9. The van der Waals surface area contributed by atoms with E-state index in [1.807, 2.05) is 11.5 Å². The molecule has 3 aromatic rings. The van der Waals surface area contributed by atoms with Crippen molar-refractivity contribution in [1.29, 1.82) is 0 Å². The summed E-state index contributed by atoms with van der Waals surface area (Å²) in [6.07, 6.45) is 0.756. The van der Waals surface area contributed by atoms with Crippen molar-refractivity contribution >= 4 is 66.1 Å².